The predicted octanol–water partition coefficient (Wildman–Crippen LogP) is -1.70. The minimum atomic E-state index is -4.94. The van der Waals surface area contributed by atoms with Crippen molar-refractivity contribution in [1.29, 1.82) is 0 Å². The maximum absolute atomic E-state index is 10.0. The number of nitrogens with one attached hydrogen (secondary N) is 1. The number of aromatic hydroxyl groups is 1. The van der Waals surface area contributed by atoms with Crippen LogP contribution in [0.25, 0.3) is 22.3 Å². The van der Waals surface area contributed by atoms with E-state index in [4.69, 9.17) is 37.3 Å². The molecule has 10 nitrogen and oxygen atoms in total. The lowest BCUT2D eigenvalue weighted by molar-refractivity contribution is -2.00. The highest BCUT2D eigenvalue weighted by atomic mass is 35.7. The Morgan fingerprint density at radius 3 is 2.11 bits per heavy atom. The quantitative estimate of drug-likeness (QED) is 0.282. The van der Waals surface area contributed by atoms with Gasteiger partial charge >= 0.3 is 0 Å². The lowest BCUT2D eigenvalue weighted by Crippen LogP contribution is -2.77. The van der Waals surface area contributed by atoms with Crippen molar-refractivity contribution in [2.75, 3.05) is 27.9 Å². The maximum Gasteiger partial charge on any atom is 0.213 e. The molecule has 0 aliphatic heterocycles. The maximum atomic E-state index is 10.0. The van der Waals surface area contributed by atoms with Crippen LogP contribution in [0.3, 0.4) is 0 Å². The minimum Gasteiger partial charge on any atom is -0.508 e. The molecule has 1 aromatic heterocycles. The molecule has 0 bridgehead atoms. The lowest BCUT2D eigenvalue weighted by atomic mass is 10.1. The molecule has 1 heterocycles. The number of benzene rings is 3. The molecule has 0 fully saturated rings. The zero-order valence-corrected chi connectivity index (χ0v) is 21.1. The monoisotopic (exact) mass is 531 g/mol. The summed E-state index contributed by atoms with van der Waals surface area (Å²) < 4.78 is 56.0. The zero-order chi connectivity index (χ0) is 27.0. The Hall–Kier alpha value is -3.80. The Bertz CT molecular complexity index is 1390. The molecule has 0 aliphatic carbocycles. The van der Waals surface area contributed by atoms with Crippen LogP contribution < -0.4 is 43.2 Å². The molecule has 0 radical (unpaired) electrons. The van der Waals surface area contributed by atoms with Crippen LogP contribution in [0.15, 0.2) is 71.1 Å². The lowest BCUT2D eigenvalue weighted by Gasteiger charge is -2.17. The summed E-state index contributed by atoms with van der Waals surface area (Å²) in [4.78, 5) is 3.49. The highest BCUT2D eigenvalue weighted by molar-refractivity contribution is 5.79. The van der Waals surface area contributed by atoms with E-state index in [1.165, 1.54) is 0 Å². The first-order valence-corrected chi connectivity index (χ1v) is 12.2. The van der Waals surface area contributed by atoms with Crippen molar-refractivity contribution in [3.63, 3.8) is 0 Å². The normalized spacial score (nSPS) is 11.6. The van der Waals surface area contributed by atoms with E-state index in [1.54, 1.807) is 39.5 Å². The van der Waals surface area contributed by atoms with Crippen LogP contribution in [0.4, 0.5) is 0 Å². The number of phenolic OH excluding ortho intramolecular Hbond substituents is 1. The van der Waals surface area contributed by atoms with Crippen molar-refractivity contribution in [1.82, 2.24) is 0 Å². The van der Waals surface area contributed by atoms with Crippen molar-refractivity contribution in [2.24, 2.45) is 0 Å². The number of hydrogen-bond acceptors (Lipinski definition) is 9. The van der Waals surface area contributed by atoms with Crippen molar-refractivity contribution in [3.05, 3.63) is 77.7 Å². The molecule has 0 saturated heterocycles. The van der Waals surface area contributed by atoms with Gasteiger partial charge in [-0.3, -0.25) is 0 Å². The highest BCUT2D eigenvalue weighted by Crippen LogP contribution is 2.28. The van der Waals surface area contributed by atoms with Crippen LogP contribution in [-0.4, -0.2) is 33.0 Å². The van der Waals surface area contributed by atoms with E-state index in [9.17, 15) is 5.11 Å². The Morgan fingerprint density at radius 2 is 1.49 bits per heavy atom. The molecule has 4 rings (SSSR count). The summed E-state index contributed by atoms with van der Waals surface area (Å²) in [7, 11) is -0.0462. The van der Waals surface area contributed by atoms with E-state index in [1.807, 2.05) is 48.5 Å². The smallest absolute Gasteiger partial charge is 0.213 e. The fourth-order valence-corrected chi connectivity index (χ4v) is 3.60. The molecule has 0 atom stereocenters. The first kappa shape index (κ1) is 27.8. The number of ether oxygens (including phenoxy) is 3. The van der Waals surface area contributed by atoms with Gasteiger partial charge in [0.15, 0.2) is 11.5 Å². The van der Waals surface area contributed by atoms with Gasteiger partial charge in [-0.2, -0.15) is 0 Å². The van der Waals surface area contributed by atoms with Gasteiger partial charge in [-0.05, 0) is 60.2 Å². The van der Waals surface area contributed by atoms with Crippen LogP contribution in [0.1, 0.15) is 5.56 Å². The van der Waals surface area contributed by atoms with E-state index >= 15 is 0 Å². The third kappa shape index (κ3) is 8.10. The topological polar surface area (TPSA) is 167 Å². The number of phenols is 1. The Morgan fingerprint density at radius 1 is 0.811 bits per heavy atom. The summed E-state index contributed by atoms with van der Waals surface area (Å²) in [5, 5.41) is 11.7. The van der Waals surface area contributed by atoms with Crippen LogP contribution in [0.2, 0.25) is 0 Å². The number of halogens is 1. The fourth-order valence-electron chi connectivity index (χ4n) is 3.60. The number of hydrogen-bond donors (Lipinski definition) is 2. The van der Waals surface area contributed by atoms with Crippen molar-refractivity contribution in [3.8, 4) is 34.3 Å². The highest BCUT2D eigenvalue weighted by Gasteiger charge is 2.11. The molecule has 4 aromatic rings. The number of methoxy groups -OCH3 is 3. The Kier molecular flexibility index (Phi) is 9.34. The van der Waals surface area contributed by atoms with Gasteiger partial charge in [-0.15, -0.1) is 10.2 Å². The van der Waals surface area contributed by atoms with Gasteiger partial charge in [0, 0.05) is 12.0 Å². The molecule has 2 N–H and O–H groups in total. The van der Waals surface area contributed by atoms with Gasteiger partial charge in [-0.1, -0.05) is 6.07 Å². The first-order valence-electron chi connectivity index (χ1n) is 10.9. The molecular weight excluding hydrogens is 506 g/mol. The molecule has 3 aromatic carbocycles. The Balaban J connectivity index is 0.000000695. The second-order valence-corrected chi connectivity index (χ2v) is 8.43. The largest absolute Gasteiger partial charge is 0.508 e. The standard InChI is InChI=1S/C26H25NO5.ClHO4/c1-29-20-8-5-18(6-9-20)25-16-22(21-15-19(28)7-11-23(21)32-25)27-13-12-17-4-10-24(30-2)26(14-17)31-3;2-1(3,4)5/h4-11,14-16,28H,12-13H2,1-3H3;(H,2,3,4,5). The van der Waals surface area contributed by atoms with Crippen molar-refractivity contribution < 1.29 is 57.6 Å². The van der Waals surface area contributed by atoms with Gasteiger partial charge < -0.3 is 23.7 Å². The number of rotatable bonds is 7. The minimum absolute atomic E-state index is 0.188. The summed E-state index contributed by atoms with van der Waals surface area (Å²) in [6, 6.07) is 20.7. The molecule has 37 heavy (non-hydrogen) atoms. The average Bonchev–Trinajstić information content (AvgIpc) is 2.87. The van der Waals surface area contributed by atoms with Crippen LogP contribution >= 0.6 is 0 Å². The molecule has 11 heteroatoms. The van der Waals surface area contributed by atoms with E-state index in [-0.39, 0.29) is 5.75 Å². The van der Waals surface area contributed by atoms with E-state index in [0.29, 0.717) is 23.6 Å². The molecule has 0 aliphatic rings. The third-order valence-corrected chi connectivity index (χ3v) is 5.30. The Labute approximate surface area is 215 Å². The van der Waals surface area contributed by atoms with Crippen LogP contribution in [0.5, 0.6) is 23.0 Å². The molecule has 0 saturated carbocycles. The summed E-state index contributed by atoms with van der Waals surface area (Å²) >= 11 is 0. The third-order valence-electron chi connectivity index (χ3n) is 5.30. The van der Waals surface area contributed by atoms with Crippen molar-refractivity contribution in [2.45, 2.75) is 6.42 Å². The van der Waals surface area contributed by atoms with Crippen LogP contribution in [0, 0.1) is 10.2 Å². The summed E-state index contributed by atoms with van der Waals surface area (Å²) in [5.41, 5.74) is 2.74. The SMILES string of the molecule is COc1ccc(-c2cc(=[NH+]CCc3ccc(OC)c(OC)c3)c3cc(O)ccc3o2)cc1.[O-][Cl+3]([O-])([O-])[O-]. The van der Waals surface area contributed by atoms with Crippen LogP contribution in [-0.2, 0) is 6.42 Å². The zero-order valence-electron chi connectivity index (χ0n) is 20.4. The summed E-state index contributed by atoms with van der Waals surface area (Å²) in [5.74, 6) is 3.11. The summed E-state index contributed by atoms with van der Waals surface area (Å²) in [6.45, 7) is 0.687. The average molecular weight is 532 g/mol. The molecule has 0 spiro atoms. The molecular formula is C26H26ClNO9. The van der Waals surface area contributed by atoms with Gasteiger partial charge in [0.2, 0.25) is 5.36 Å². The van der Waals surface area contributed by atoms with Gasteiger partial charge in [0.25, 0.3) is 0 Å². The second-order valence-electron chi connectivity index (χ2n) is 7.68. The van der Waals surface area contributed by atoms with Gasteiger partial charge in [-0.25, -0.2) is 23.6 Å². The first-order chi connectivity index (χ1) is 17.6. The number of fused-ring (bicyclic) bond motifs is 1. The van der Waals surface area contributed by atoms with E-state index < -0.39 is 10.2 Å². The van der Waals surface area contributed by atoms with Crippen molar-refractivity contribution >= 4 is 11.0 Å². The van der Waals surface area contributed by atoms with E-state index in [2.05, 4.69) is 4.99 Å². The van der Waals surface area contributed by atoms with Gasteiger partial charge in [0.05, 0.1) is 32.8 Å². The van der Waals surface area contributed by atoms with E-state index in [0.717, 1.165) is 39.8 Å². The predicted molar refractivity (Wildman–Crippen MR) is 122 cm³/mol. The summed E-state index contributed by atoms with van der Waals surface area (Å²) in [6.07, 6.45) is 0.782. The van der Waals surface area contributed by atoms with Gasteiger partial charge in [0.1, 0.15) is 29.4 Å². The molecule has 0 amide bonds. The fraction of sp³-hybridized carbons (Fsp3) is 0.192. The second kappa shape index (κ2) is 12.4. The molecule has 0 unspecified atom stereocenters. The molecule has 196 valence electrons.